The molecule has 1 atom stereocenters. The largest absolute Gasteiger partial charge is 0.347 e. The zero-order valence-electron chi connectivity index (χ0n) is 7.42. The smallest absolute Gasteiger partial charge is 0.217 e. The third-order valence-corrected chi connectivity index (χ3v) is 2.52. The van der Waals surface area contributed by atoms with Crippen molar-refractivity contribution >= 4 is 17.2 Å². The van der Waals surface area contributed by atoms with Crippen LogP contribution in [0.15, 0.2) is 6.20 Å². The molecule has 1 aromatic rings. The van der Waals surface area contributed by atoms with Crippen LogP contribution in [0.3, 0.4) is 0 Å². The molecule has 0 aromatic carbocycles. The van der Waals surface area contributed by atoms with E-state index in [0.717, 1.165) is 5.01 Å². The van der Waals surface area contributed by atoms with Crippen molar-refractivity contribution in [3.63, 3.8) is 0 Å². The molecule has 66 valence electrons. The van der Waals surface area contributed by atoms with Crippen molar-refractivity contribution in [1.82, 2.24) is 10.3 Å². The second-order valence-electron chi connectivity index (χ2n) is 2.73. The summed E-state index contributed by atoms with van der Waals surface area (Å²) in [5.74, 6) is -0.0182. The van der Waals surface area contributed by atoms with Crippen molar-refractivity contribution in [2.45, 2.75) is 26.8 Å². The maximum Gasteiger partial charge on any atom is 0.217 e. The van der Waals surface area contributed by atoms with Gasteiger partial charge < -0.3 is 5.32 Å². The highest BCUT2D eigenvalue weighted by molar-refractivity contribution is 7.11. The Labute approximate surface area is 75.8 Å². The van der Waals surface area contributed by atoms with Gasteiger partial charge in [0.25, 0.3) is 0 Å². The van der Waals surface area contributed by atoms with Crippen LogP contribution in [0.5, 0.6) is 0 Å². The van der Waals surface area contributed by atoms with Gasteiger partial charge in [0.15, 0.2) is 0 Å². The highest BCUT2D eigenvalue weighted by Crippen LogP contribution is 2.18. The first kappa shape index (κ1) is 9.19. The standard InChI is InChI=1S/C8H12N2OS/c1-5-4-9-8(12-5)6(2)10-7(3)11/h4,6H,1-3H3,(H,10,11)/t6-/m1/s1. The van der Waals surface area contributed by atoms with Gasteiger partial charge in [0, 0.05) is 18.0 Å². The van der Waals surface area contributed by atoms with Crippen molar-refractivity contribution < 1.29 is 4.79 Å². The maximum atomic E-state index is 10.7. The average Bonchev–Trinajstić information content (AvgIpc) is 2.34. The lowest BCUT2D eigenvalue weighted by atomic mass is 10.3. The molecule has 0 spiro atoms. The van der Waals surface area contributed by atoms with Crippen molar-refractivity contribution in [1.29, 1.82) is 0 Å². The van der Waals surface area contributed by atoms with E-state index in [1.54, 1.807) is 11.3 Å². The van der Waals surface area contributed by atoms with E-state index in [-0.39, 0.29) is 11.9 Å². The molecule has 0 aliphatic rings. The molecule has 0 aliphatic carbocycles. The Hall–Kier alpha value is -0.900. The predicted octanol–water partition coefficient (Wildman–Crippen LogP) is 1.65. The topological polar surface area (TPSA) is 42.0 Å². The summed E-state index contributed by atoms with van der Waals surface area (Å²) in [5, 5.41) is 3.74. The molecule has 0 aliphatic heterocycles. The van der Waals surface area contributed by atoms with Gasteiger partial charge in [0.05, 0.1) is 6.04 Å². The molecule has 1 N–H and O–H groups in total. The fourth-order valence-corrected chi connectivity index (χ4v) is 1.72. The molecule has 1 rings (SSSR count). The lowest BCUT2D eigenvalue weighted by molar-refractivity contribution is -0.119. The molecule has 0 saturated heterocycles. The monoisotopic (exact) mass is 184 g/mol. The van der Waals surface area contributed by atoms with Crippen LogP contribution >= 0.6 is 11.3 Å². The van der Waals surface area contributed by atoms with Crippen LogP contribution in [-0.4, -0.2) is 10.9 Å². The Balaban J connectivity index is 2.64. The summed E-state index contributed by atoms with van der Waals surface area (Å²) in [5.41, 5.74) is 0. The minimum absolute atomic E-state index is 0.0182. The molecule has 0 radical (unpaired) electrons. The number of rotatable bonds is 2. The average molecular weight is 184 g/mol. The molecular weight excluding hydrogens is 172 g/mol. The molecule has 1 aromatic heterocycles. The quantitative estimate of drug-likeness (QED) is 0.759. The molecule has 3 nitrogen and oxygen atoms in total. The molecule has 1 amide bonds. The zero-order valence-corrected chi connectivity index (χ0v) is 8.23. The van der Waals surface area contributed by atoms with Gasteiger partial charge in [-0.05, 0) is 13.8 Å². The molecular formula is C8H12N2OS. The summed E-state index contributed by atoms with van der Waals surface area (Å²) in [6, 6.07) is 0.0289. The minimum Gasteiger partial charge on any atom is -0.347 e. The number of aromatic nitrogens is 1. The molecule has 0 fully saturated rings. The highest BCUT2D eigenvalue weighted by Gasteiger charge is 2.09. The second kappa shape index (κ2) is 3.67. The Bertz CT molecular complexity index is 282. The summed E-state index contributed by atoms with van der Waals surface area (Å²) in [6.45, 7) is 5.44. The van der Waals surface area contributed by atoms with Gasteiger partial charge in [-0.3, -0.25) is 4.79 Å². The van der Waals surface area contributed by atoms with E-state index in [1.165, 1.54) is 11.8 Å². The van der Waals surface area contributed by atoms with Crippen molar-refractivity contribution in [2.75, 3.05) is 0 Å². The summed E-state index contributed by atoms with van der Waals surface area (Å²) >= 11 is 1.61. The number of nitrogens with one attached hydrogen (secondary N) is 1. The van der Waals surface area contributed by atoms with E-state index in [1.807, 2.05) is 20.0 Å². The summed E-state index contributed by atoms with van der Waals surface area (Å²) in [6.07, 6.45) is 1.82. The third-order valence-electron chi connectivity index (χ3n) is 1.43. The fraction of sp³-hybridized carbons (Fsp3) is 0.500. The van der Waals surface area contributed by atoms with E-state index in [9.17, 15) is 4.79 Å². The van der Waals surface area contributed by atoms with Gasteiger partial charge in [-0.2, -0.15) is 0 Å². The van der Waals surface area contributed by atoms with Gasteiger partial charge in [-0.25, -0.2) is 4.98 Å². The number of aryl methyl sites for hydroxylation is 1. The molecule has 0 bridgehead atoms. The van der Waals surface area contributed by atoms with E-state index in [2.05, 4.69) is 10.3 Å². The Morgan fingerprint density at radius 1 is 1.75 bits per heavy atom. The summed E-state index contributed by atoms with van der Waals surface area (Å²) < 4.78 is 0. The van der Waals surface area contributed by atoms with E-state index in [0.29, 0.717) is 0 Å². The van der Waals surface area contributed by atoms with Crippen LogP contribution in [0.4, 0.5) is 0 Å². The van der Waals surface area contributed by atoms with Crippen LogP contribution < -0.4 is 5.32 Å². The highest BCUT2D eigenvalue weighted by atomic mass is 32.1. The second-order valence-corrected chi connectivity index (χ2v) is 4.00. The fourth-order valence-electron chi connectivity index (χ4n) is 0.939. The molecule has 1 heterocycles. The lowest BCUT2D eigenvalue weighted by Crippen LogP contribution is -2.23. The Kier molecular flexibility index (Phi) is 2.81. The molecule has 0 saturated carbocycles. The minimum atomic E-state index is -0.0182. The van der Waals surface area contributed by atoms with Crippen molar-refractivity contribution in [2.24, 2.45) is 0 Å². The van der Waals surface area contributed by atoms with Crippen LogP contribution in [0.2, 0.25) is 0 Å². The van der Waals surface area contributed by atoms with Gasteiger partial charge in [0.2, 0.25) is 5.91 Å². The predicted molar refractivity (Wildman–Crippen MR) is 49.1 cm³/mol. The van der Waals surface area contributed by atoms with Gasteiger partial charge in [0.1, 0.15) is 5.01 Å². The first-order chi connectivity index (χ1) is 5.59. The number of nitrogens with zero attached hydrogens (tertiary/aromatic N) is 1. The molecule has 4 heteroatoms. The van der Waals surface area contributed by atoms with Gasteiger partial charge in [-0.15, -0.1) is 11.3 Å². The van der Waals surface area contributed by atoms with Crippen LogP contribution in [0.1, 0.15) is 29.8 Å². The van der Waals surface area contributed by atoms with E-state index >= 15 is 0 Å². The number of amides is 1. The van der Waals surface area contributed by atoms with Crippen LogP contribution in [0.25, 0.3) is 0 Å². The SMILES string of the molecule is CC(=O)N[C@H](C)c1ncc(C)s1. The lowest BCUT2D eigenvalue weighted by Gasteiger charge is -2.07. The Morgan fingerprint density at radius 2 is 2.42 bits per heavy atom. The van der Waals surface area contributed by atoms with E-state index < -0.39 is 0 Å². The van der Waals surface area contributed by atoms with E-state index in [4.69, 9.17) is 0 Å². The molecule has 12 heavy (non-hydrogen) atoms. The van der Waals surface area contributed by atoms with Crippen LogP contribution in [-0.2, 0) is 4.79 Å². The van der Waals surface area contributed by atoms with Gasteiger partial charge in [-0.1, -0.05) is 0 Å². The Morgan fingerprint density at radius 3 is 2.83 bits per heavy atom. The maximum absolute atomic E-state index is 10.7. The van der Waals surface area contributed by atoms with Crippen molar-refractivity contribution in [3.05, 3.63) is 16.1 Å². The van der Waals surface area contributed by atoms with Crippen LogP contribution in [0, 0.1) is 6.92 Å². The zero-order chi connectivity index (χ0) is 9.14. The number of carbonyl (C=O) groups is 1. The molecule has 0 unspecified atom stereocenters. The number of hydrogen-bond donors (Lipinski definition) is 1. The van der Waals surface area contributed by atoms with Gasteiger partial charge >= 0.3 is 0 Å². The first-order valence-corrected chi connectivity index (χ1v) is 4.60. The van der Waals surface area contributed by atoms with Crippen molar-refractivity contribution in [3.8, 4) is 0 Å². The summed E-state index contributed by atoms with van der Waals surface area (Å²) in [7, 11) is 0. The third kappa shape index (κ3) is 2.30. The normalized spacial score (nSPS) is 12.6. The number of thiazole rings is 1. The number of carbonyl (C=O) groups excluding carboxylic acids is 1. The summed E-state index contributed by atoms with van der Waals surface area (Å²) in [4.78, 5) is 16.0. The number of hydrogen-bond acceptors (Lipinski definition) is 3. The first-order valence-electron chi connectivity index (χ1n) is 3.79.